The molecular weight excluding hydrogens is 326 g/mol. The largest absolute Gasteiger partial charge is 0.315 e. The van der Waals surface area contributed by atoms with Gasteiger partial charge in [-0.3, -0.25) is 9.52 Å². The predicted octanol–water partition coefficient (Wildman–Crippen LogP) is 2.28. The second-order valence-electron chi connectivity index (χ2n) is 5.18. The first-order chi connectivity index (χ1) is 10.8. The minimum absolute atomic E-state index is 0.0796. The number of carbonyl (C=O) groups is 1. The average molecular weight is 338 g/mol. The van der Waals surface area contributed by atoms with Crippen LogP contribution in [-0.2, 0) is 21.2 Å². The van der Waals surface area contributed by atoms with Crippen molar-refractivity contribution in [3.8, 4) is 0 Å². The van der Waals surface area contributed by atoms with Gasteiger partial charge in [0.2, 0.25) is 5.91 Å². The van der Waals surface area contributed by atoms with Crippen LogP contribution in [-0.4, -0.2) is 21.4 Å². The van der Waals surface area contributed by atoms with E-state index >= 15 is 0 Å². The van der Waals surface area contributed by atoms with Crippen molar-refractivity contribution >= 4 is 27.3 Å². The second-order valence-corrected chi connectivity index (χ2v) is 6.87. The third kappa shape index (κ3) is 2.89. The fourth-order valence-electron chi connectivity index (χ4n) is 2.44. The summed E-state index contributed by atoms with van der Waals surface area (Å²) < 4.78 is 53.1. The molecule has 0 saturated heterocycles. The lowest BCUT2D eigenvalue weighted by atomic mass is 10.2. The van der Waals surface area contributed by atoms with Gasteiger partial charge in [0.15, 0.2) is 0 Å². The maximum atomic E-state index is 13.2. The summed E-state index contributed by atoms with van der Waals surface area (Å²) >= 11 is 0. The summed E-state index contributed by atoms with van der Waals surface area (Å²) in [5.74, 6) is -1.90. The van der Waals surface area contributed by atoms with Crippen molar-refractivity contribution in [1.29, 1.82) is 0 Å². The van der Waals surface area contributed by atoms with Crippen LogP contribution in [0.25, 0.3) is 0 Å². The van der Waals surface area contributed by atoms with Crippen LogP contribution in [0.4, 0.5) is 20.2 Å². The zero-order valence-corrected chi connectivity index (χ0v) is 12.8. The van der Waals surface area contributed by atoms with E-state index in [1.165, 1.54) is 23.1 Å². The molecule has 0 aliphatic carbocycles. The van der Waals surface area contributed by atoms with Gasteiger partial charge in [-0.25, -0.2) is 17.2 Å². The standard InChI is InChI=1S/C15H12F2N2O3S/c1-19-14-3-2-13(4-9(14)5-15(19)20)23(21,22)18-12-7-10(16)6-11(17)8-12/h2-4,6-8,18H,5H2,1H3. The number of sulfonamides is 1. The van der Waals surface area contributed by atoms with Crippen molar-refractivity contribution in [2.45, 2.75) is 11.3 Å². The molecule has 0 spiro atoms. The monoisotopic (exact) mass is 338 g/mol. The number of nitrogens with one attached hydrogen (secondary N) is 1. The van der Waals surface area contributed by atoms with E-state index in [1.54, 1.807) is 7.05 Å². The molecule has 2 aromatic carbocycles. The maximum Gasteiger partial charge on any atom is 0.261 e. The van der Waals surface area contributed by atoms with Gasteiger partial charge >= 0.3 is 0 Å². The minimum Gasteiger partial charge on any atom is -0.315 e. The third-order valence-corrected chi connectivity index (χ3v) is 4.93. The Balaban J connectivity index is 1.95. The van der Waals surface area contributed by atoms with Crippen LogP contribution in [0.1, 0.15) is 5.56 Å². The summed E-state index contributed by atoms with van der Waals surface area (Å²) in [6.45, 7) is 0. The number of fused-ring (bicyclic) bond motifs is 1. The molecule has 1 aliphatic rings. The van der Waals surface area contributed by atoms with Crippen LogP contribution in [0.3, 0.4) is 0 Å². The van der Waals surface area contributed by atoms with Gasteiger partial charge in [-0.15, -0.1) is 0 Å². The number of hydrogen-bond donors (Lipinski definition) is 1. The first kappa shape index (κ1) is 15.4. The number of benzene rings is 2. The molecule has 1 N–H and O–H groups in total. The van der Waals surface area contributed by atoms with Gasteiger partial charge in [0.1, 0.15) is 11.6 Å². The second kappa shape index (κ2) is 5.31. The molecule has 1 heterocycles. The molecule has 0 fully saturated rings. The predicted molar refractivity (Wildman–Crippen MR) is 80.7 cm³/mol. The average Bonchev–Trinajstić information content (AvgIpc) is 2.72. The summed E-state index contributed by atoms with van der Waals surface area (Å²) in [4.78, 5) is 13.0. The van der Waals surface area contributed by atoms with Gasteiger partial charge in [0, 0.05) is 18.8 Å². The van der Waals surface area contributed by atoms with Crippen LogP contribution < -0.4 is 9.62 Å². The molecule has 3 rings (SSSR count). The number of rotatable bonds is 3. The number of likely N-dealkylation sites (N-methyl/N-ethyl adjacent to an activating group) is 1. The Kier molecular flexibility index (Phi) is 3.56. The Morgan fingerprint density at radius 2 is 1.74 bits per heavy atom. The highest BCUT2D eigenvalue weighted by Crippen LogP contribution is 2.30. The Morgan fingerprint density at radius 3 is 2.39 bits per heavy atom. The molecule has 0 radical (unpaired) electrons. The first-order valence-electron chi connectivity index (χ1n) is 6.65. The SMILES string of the molecule is CN1C(=O)Cc2cc(S(=O)(=O)Nc3cc(F)cc(F)c3)ccc21. The maximum absolute atomic E-state index is 13.2. The lowest BCUT2D eigenvalue weighted by molar-refractivity contribution is -0.117. The van der Waals surface area contributed by atoms with Crippen molar-refractivity contribution < 1.29 is 22.0 Å². The summed E-state index contributed by atoms with van der Waals surface area (Å²) in [6, 6.07) is 6.66. The lowest BCUT2D eigenvalue weighted by Crippen LogP contribution is -2.20. The number of halogens is 2. The van der Waals surface area contributed by atoms with E-state index in [1.807, 2.05) is 0 Å². The summed E-state index contributed by atoms with van der Waals surface area (Å²) in [5.41, 5.74) is 1.02. The quantitative estimate of drug-likeness (QED) is 0.934. The van der Waals surface area contributed by atoms with Crippen molar-refractivity contribution in [1.82, 2.24) is 0 Å². The molecule has 0 saturated carbocycles. The molecule has 23 heavy (non-hydrogen) atoms. The fraction of sp³-hybridized carbons (Fsp3) is 0.133. The number of anilines is 2. The van der Waals surface area contributed by atoms with Gasteiger partial charge in [0.05, 0.1) is 17.0 Å². The number of hydrogen-bond acceptors (Lipinski definition) is 3. The molecule has 5 nitrogen and oxygen atoms in total. The molecule has 8 heteroatoms. The Morgan fingerprint density at radius 1 is 1.09 bits per heavy atom. The number of amides is 1. The van der Waals surface area contributed by atoms with Gasteiger partial charge in [0.25, 0.3) is 10.0 Å². The van der Waals surface area contributed by atoms with Crippen molar-refractivity contribution in [2.24, 2.45) is 0 Å². The smallest absolute Gasteiger partial charge is 0.261 e. The van der Waals surface area contributed by atoms with E-state index in [-0.39, 0.29) is 22.9 Å². The van der Waals surface area contributed by atoms with E-state index < -0.39 is 21.7 Å². The van der Waals surface area contributed by atoms with Gasteiger partial charge in [-0.2, -0.15) is 0 Å². The molecule has 0 atom stereocenters. The van der Waals surface area contributed by atoms with Gasteiger partial charge in [-0.05, 0) is 35.9 Å². The van der Waals surface area contributed by atoms with E-state index in [2.05, 4.69) is 4.72 Å². The van der Waals surface area contributed by atoms with Crippen LogP contribution in [0.5, 0.6) is 0 Å². The fourth-order valence-corrected chi connectivity index (χ4v) is 3.53. The van der Waals surface area contributed by atoms with Crippen molar-refractivity contribution in [3.63, 3.8) is 0 Å². The van der Waals surface area contributed by atoms with Crippen molar-refractivity contribution in [3.05, 3.63) is 53.6 Å². The van der Waals surface area contributed by atoms with E-state index in [0.717, 1.165) is 12.1 Å². The molecule has 120 valence electrons. The molecule has 1 amide bonds. The van der Waals surface area contributed by atoms with Crippen molar-refractivity contribution in [2.75, 3.05) is 16.7 Å². The van der Waals surface area contributed by atoms with E-state index in [9.17, 15) is 22.0 Å². The molecule has 0 bridgehead atoms. The molecule has 2 aromatic rings. The topological polar surface area (TPSA) is 66.5 Å². The van der Waals surface area contributed by atoms with Crippen LogP contribution in [0, 0.1) is 11.6 Å². The normalized spacial score (nSPS) is 14.0. The lowest BCUT2D eigenvalue weighted by Gasteiger charge is -2.12. The highest BCUT2D eigenvalue weighted by Gasteiger charge is 2.26. The van der Waals surface area contributed by atoms with Gasteiger partial charge in [-0.1, -0.05) is 0 Å². The highest BCUT2D eigenvalue weighted by molar-refractivity contribution is 7.92. The molecular formula is C15H12F2N2O3S. The number of carbonyl (C=O) groups excluding carboxylic acids is 1. The van der Waals surface area contributed by atoms with Crippen LogP contribution in [0.2, 0.25) is 0 Å². The van der Waals surface area contributed by atoms with E-state index in [4.69, 9.17) is 0 Å². The minimum atomic E-state index is -4.02. The molecule has 1 aliphatic heterocycles. The Bertz CT molecular complexity index is 893. The zero-order valence-electron chi connectivity index (χ0n) is 12.0. The Labute approximate surface area is 131 Å². The Hall–Kier alpha value is -2.48. The van der Waals surface area contributed by atoms with Crippen LogP contribution >= 0.6 is 0 Å². The third-order valence-electron chi connectivity index (χ3n) is 3.55. The molecule has 0 unspecified atom stereocenters. The number of nitrogens with zero attached hydrogens (tertiary/aromatic N) is 1. The summed E-state index contributed by atoms with van der Waals surface area (Å²) in [5, 5.41) is 0. The summed E-state index contributed by atoms with van der Waals surface area (Å²) in [7, 11) is -2.41. The zero-order chi connectivity index (χ0) is 16.8. The summed E-state index contributed by atoms with van der Waals surface area (Å²) in [6.07, 6.45) is 0.115. The van der Waals surface area contributed by atoms with Gasteiger partial charge < -0.3 is 4.90 Å². The first-order valence-corrected chi connectivity index (χ1v) is 8.13. The van der Waals surface area contributed by atoms with Crippen LogP contribution in [0.15, 0.2) is 41.3 Å². The highest BCUT2D eigenvalue weighted by atomic mass is 32.2. The van der Waals surface area contributed by atoms with E-state index in [0.29, 0.717) is 17.3 Å². The molecule has 0 aromatic heterocycles.